The number of hydrogen-bond acceptors (Lipinski definition) is 3. The number of likely N-dealkylation sites (tertiary alicyclic amines) is 1. The third-order valence-electron chi connectivity index (χ3n) is 5.95. The highest BCUT2D eigenvalue weighted by Gasteiger charge is 2.40. The summed E-state index contributed by atoms with van der Waals surface area (Å²) in [7, 11) is 1.92. The van der Waals surface area contributed by atoms with E-state index in [2.05, 4.69) is 4.90 Å². The van der Waals surface area contributed by atoms with Gasteiger partial charge in [-0.1, -0.05) is 12.8 Å². The van der Waals surface area contributed by atoms with E-state index in [1.54, 1.807) is 0 Å². The lowest BCUT2D eigenvalue weighted by Gasteiger charge is -2.43. The predicted molar refractivity (Wildman–Crippen MR) is 83.0 cm³/mol. The van der Waals surface area contributed by atoms with Crippen LogP contribution < -0.4 is 0 Å². The molecule has 4 nitrogen and oxygen atoms in total. The average molecular weight is 294 g/mol. The van der Waals surface area contributed by atoms with Gasteiger partial charge < -0.3 is 10.0 Å². The van der Waals surface area contributed by atoms with Gasteiger partial charge in [0.25, 0.3) is 0 Å². The maximum atomic E-state index is 12.6. The smallest absolute Gasteiger partial charge is 0.225 e. The lowest BCUT2D eigenvalue weighted by atomic mass is 9.86. The first-order valence-electron chi connectivity index (χ1n) is 8.87. The summed E-state index contributed by atoms with van der Waals surface area (Å²) in [6, 6.07) is 0.294. The molecule has 3 rings (SSSR count). The molecule has 0 bridgehead atoms. The molecule has 2 aliphatic carbocycles. The minimum atomic E-state index is -0.368. The second-order valence-electron chi connectivity index (χ2n) is 7.23. The molecule has 0 aromatic rings. The van der Waals surface area contributed by atoms with Gasteiger partial charge in [-0.2, -0.15) is 0 Å². The van der Waals surface area contributed by atoms with Crippen molar-refractivity contribution < 1.29 is 9.90 Å². The van der Waals surface area contributed by atoms with Gasteiger partial charge in [0.2, 0.25) is 5.91 Å². The van der Waals surface area contributed by atoms with E-state index in [-0.39, 0.29) is 30.0 Å². The van der Waals surface area contributed by atoms with Crippen molar-refractivity contribution in [3.8, 4) is 0 Å². The van der Waals surface area contributed by atoms with Crippen molar-refractivity contribution in [3.63, 3.8) is 0 Å². The van der Waals surface area contributed by atoms with Crippen LogP contribution >= 0.6 is 0 Å². The standard InChI is InChI=1S/C17H30N2O2/c1-18(17(21)13-7-2-3-8-13)14-9-6-10-15(16(14)20)19-11-4-5-12-19/h13-16,20H,2-12H2,1H3/t14-,15-,16-/m1/s1. The van der Waals surface area contributed by atoms with E-state index >= 15 is 0 Å². The Morgan fingerprint density at radius 3 is 2.33 bits per heavy atom. The fourth-order valence-corrected chi connectivity index (χ4v) is 4.65. The number of rotatable bonds is 3. The van der Waals surface area contributed by atoms with Crippen molar-refractivity contribution in [2.75, 3.05) is 20.1 Å². The lowest BCUT2D eigenvalue weighted by molar-refractivity contribution is -0.141. The molecule has 3 aliphatic rings. The summed E-state index contributed by atoms with van der Waals surface area (Å²) in [5, 5.41) is 10.8. The summed E-state index contributed by atoms with van der Waals surface area (Å²) in [5.41, 5.74) is 0. The van der Waals surface area contributed by atoms with E-state index < -0.39 is 0 Å². The fourth-order valence-electron chi connectivity index (χ4n) is 4.65. The van der Waals surface area contributed by atoms with Gasteiger partial charge in [0.15, 0.2) is 0 Å². The van der Waals surface area contributed by atoms with E-state index in [0.29, 0.717) is 0 Å². The van der Waals surface area contributed by atoms with E-state index in [9.17, 15) is 9.90 Å². The summed E-state index contributed by atoms with van der Waals surface area (Å²) < 4.78 is 0. The Balaban J connectivity index is 1.64. The Morgan fingerprint density at radius 1 is 1.00 bits per heavy atom. The van der Waals surface area contributed by atoms with E-state index in [4.69, 9.17) is 0 Å². The number of carbonyl (C=O) groups excluding carboxylic acids is 1. The Hall–Kier alpha value is -0.610. The summed E-state index contributed by atoms with van der Waals surface area (Å²) in [5.74, 6) is 0.494. The van der Waals surface area contributed by atoms with Crippen LogP contribution in [0.15, 0.2) is 0 Å². The van der Waals surface area contributed by atoms with Gasteiger partial charge in [0, 0.05) is 19.0 Å². The fraction of sp³-hybridized carbons (Fsp3) is 0.941. The number of likely N-dealkylation sites (N-methyl/N-ethyl adjacent to an activating group) is 1. The van der Waals surface area contributed by atoms with Crippen molar-refractivity contribution in [2.45, 2.75) is 76.0 Å². The molecule has 1 heterocycles. The molecule has 2 saturated carbocycles. The second-order valence-corrected chi connectivity index (χ2v) is 7.23. The SMILES string of the molecule is CN(C(=O)C1CCCC1)[C@@H]1CCC[C@@H](N2CCCC2)[C@@H]1O. The molecule has 3 atom stereocenters. The van der Waals surface area contributed by atoms with Crippen LogP contribution in [0, 0.1) is 5.92 Å². The molecule has 1 saturated heterocycles. The molecular weight excluding hydrogens is 264 g/mol. The molecular formula is C17H30N2O2. The Kier molecular flexibility index (Phi) is 4.85. The highest BCUT2D eigenvalue weighted by Crippen LogP contribution is 2.32. The Morgan fingerprint density at radius 2 is 1.67 bits per heavy atom. The summed E-state index contributed by atoms with van der Waals surface area (Å²) in [6.07, 6.45) is 9.78. The first kappa shape index (κ1) is 15.3. The first-order valence-corrected chi connectivity index (χ1v) is 8.87. The quantitative estimate of drug-likeness (QED) is 0.866. The van der Waals surface area contributed by atoms with Crippen molar-refractivity contribution in [3.05, 3.63) is 0 Å². The van der Waals surface area contributed by atoms with Gasteiger partial charge in [0.1, 0.15) is 0 Å². The number of aliphatic hydroxyl groups is 1. The summed E-state index contributed by atoms with van der Waals surface area (Å²) in [6.45, 7) is 2.24. The molecule has 120 valence electrons. The van der Waals surface area contributed by atoms with E-state index in [1.807, 2.05) is 11.9 Å². The van der Waals surface area contributed by atoms with Crippen LogP contribution in [0.1, 0.15) is 57.8 Å². The van der Waals surface area contributed by atoms with Gasteiger partial charge in [-0.15, -0.1) is 0 Å². The van der Waals surface area contributed by atoms with Crippen LogP contribution in [0.25, 0.3) is 0 Å². The van der Waals surface area contributed by atoms with Gasteiger partial charge in [-0.05, 0) is 58.0 Å². The zero-order valence-corrected chi connectivity index (χ0v) is 13.3. The van der Waals surface area contributed by atoms with Crippen LogP contribution in [0.2, 0.25) is 0 Å². The van der Waals surface area contributed by atoms with Crippen LogP contribution in [0.4, 0.5) is 0 Å². The second kappa shape index (κ2) is 6.66. The van der Waals surface area contributed by atoms with Crippen molar-refractivity contribution in [2.24, 2.45) is 5.92 Å². The maximum absolute atomic E-state index is 12.6. The molecule has 0 unspecified atom stereocenters. The average Bonchev–Trinajstić information content (AvgIpc) is 3.19. The van der Waals surface area contributed by atoms with Crippen molar-refractivity contribution in [1.82, 2.24) is 9.80 Å². The topological polar surface area (TPSA) is 43.8 Å². The first-order chi connectivity index (χ1) is 10.2. The molecule has 1 amide bonds. The lowest BCUT2D eigenvalue weighted by Crippen LogP contribution is -2.57. The molecule has 21 heavy (non-hydrogen) atoms. The summed E-state index contributed by atoms with van der Waals surface area (Å²) in [4.78, 5) is 17.0. The zero-order valence-electron chi connectivity index (χ0n) is 13.3. The molecule has 0 radical (unpaired) electrons. The van der Waals surface area contributed by atoms with Crippen LogP contribution in [0.3, 0.4) is 0 Å². The molecule has 1 aliphatic heterocycles. The number of hydrogen-bond donors (Lipinski definition) is 1. The monoisotopic (exact) mass is 294 g/mol. The minimum Gasteiger partial charge on any atom is -0.389 e. The highest BCUT2D eigenvalue weighted by molar-refractivity contribution is 5.79. The minimum absolute atomic E-state index is 0.0254. The molecule has 3 fully saturated rings. The van der Waals surface area contributed by atoms with Gasteiger partial charge in [-0.25, -0.2) is 0 Å². The molecule has 0 aromatic heterocycles. The van der Waals surface area contributed by atoms with Crippen LogP contribution in [-0.4, -0.2) is 59.1 Å². The number of amides is 1. The summed E-state index contributed by atoms with van der Waals surface area (Å²) >= 11 is 0. The van der Waals surface area contributed by atoms with Crippen molar-refractivity contribution in [1.29, 1.82) is 0 Å². The molecule has 0 spiro atoms. The molecule has 0 aromatic carbocycles. The maximum Gasteiger partial charge on any atom is 0.225 e. The predicted octanol–water partition coefficient (Wildman–Crippen LogP) is 2.01. The van der Waals surface area contributed by atoms with Crippen molar-refractivity contribution >= 4 is 5.91 Å². The van der Waals surface area contributed by atoms with Gasteiger partial charge in [-0.3, -0.25) is 9.69 Å². The van der Waals surface area contributed by atoms with Crippen LogP contribution in [-0.2, 0) is 4.79 Å². The number of nitrogens with zero attached hydrogens (tertiary/aromatic N) is 2. The third kappa shape index (κ3) is 3.11. The molecule has 4 heteroatoms. The Labute approximate surface area is 128 Å². The highest BCUT2D eigenvalue weighted by atomic mass is 16.3. The van der Waals surface area contributed by atoms with E-state index in [1.165, 1.54) is 25.7 Å². The number of aliphatic hydroxyl groups excluding tert-OH is 1. The molecule has 1 N–H and O–H groups in total. The zero-order chi connectivity index (χ0) is 14.8. The largest absolute Gasteiger partial charge is 0.389 e. The number of carbonyl (C=O) groups is 1. The van der Waals surface area contributed by atoms with Crippen LogP contribution in [0.5, 0.6) is 0 Å². The van der Waals surface area contributed by atoms with Gasteiger partial charge >= 0.3 is 0 Å². The van der Waals surface area contributed by atoms with Gasteiger partial charge in [0.05, 0.1) is 12.1 Å². The Bertz CT molecular complexity index is 362. The van der Waals surface area contributed by atoms with E-state index in [0.717, 1.165) is 45.2 Å². The third-order valence-corrected chi connectivity index (χ3v) is 5.95. The normalized spacial score (nSPS) is 35.2.